The number of ether oxygens (including phenoxy) is 1. The highest BCUT2D eigenvalue weighted by Crippen LogP contribution is 2.14. The highest BCUT2D eigenvalue weighted by atomic mass is 16.5. The van der Waals surface area contributed by atoms with E-state index < -0.39 is 0 Å². The number of imidazole rings is 1. The smallest absolute Gasteiger partial charge is 0.317 e. The van der Waals surface area contributed by atoms with E-state index in [1.54, 1.807) is 0 Å². The van der Waals surface area contributed by atoms with Gasteiger partial charge in [-0.05, 0) is 25.3 Å². The molecule has 0 radical (unpaired) electrons. The summed E-state index contributed by atoms with van der Waals surface area (Å²) in [5.74, 6) is 1.14. The summed E-state index contributed by atoms with van der Waals surface area (Å²) in [5, 5.41) is 7.29. The van der Waals surface area contributed by atoms with E-state index in [9.17, 15) is 4.79 Å². The monoisotopic (exact) mass is 358 g/mol. The predicted octanol–water partition coefficient (Wildman–Crippen LogP) is 1.33. The van der Waals surface area contributed by atoms with Crippen LogP contribution in [0.15, 0.2) is 18.6 Å². The predicted molar refractivity (Wildman–Crippen MR) is 95.7 cm³/mol. The molecular weight excluding hydrogens is 332 g/mol. The molecule has 1 atom stereocenters. The third kappa shape index (κ3) is 3.90. The van der Waals surface area contributed by atoms with Crippen molar-refractivity contribution in [3.05, 3.63) is 35.7 Å². The summed E-state index contributed by atoms with van der Waals surface area (Å²) < 4.78 is 9.87. The quantitative estimate of drug-likeness (QED) is 0.895. The van der Waals surface area contributed by atoms with E-state index in [1.807, 2.05) is 28.9 Å². The molecule has 8 nitrogen and oxygen atoms in total. The molecule has 26 heavy (non-hydrogen) atoms. The first-order valence-electron chi connectivity index (χ1n) is 9.36. The summed E-state index contributed by atoms with van der Waals surface area (Å²) in [5.41, 5.74) is 2.06. The number of hydrogen-bond acceptors (Lipinski definition) is 4. The topological polar surface area (TPSA) is 77.2 Å². The first kappa shape index (κ1) is 17.1. The Bertz CT molecular complexity index is 744. The van der Waals surface area contributed by atoms with Crippen LogP contribution in [0.5, 0.6) is 0 Å². The molecule has 2 aromatic heterocycles. The van der Waals surface area contributed by atoms with Gasteiger partial charge in [-0.3, -0.25) is 4.68 Å². The summed E-state index contributed by atoms with van der Waals surface area (Å²) in [6, 6.07) is -0.0547. The van der Waals surface area contributed by atoms with Crippen LogP contribution in [0.3, 0.4) is 0 Å². The maximum Gasteiger partial charge on any atom is 0.317 e. The van der Waals surface area contributed by atoms with E-state index in [1.165, 1.54) is 12.8 Å². The van der Waals surface area contributed by atoms with Crippen LogP contribution in [0.25, 0.3) is 0 Å². The average Bonchev–Trinajstić information content (AvgIpc) is 3.25. The van der Waals surface area contributed by atoms with Gasteiger partial charge in [0.2, 0.25) is 0 Å². The second kappa shape index (κ2) is 7.49. The van der Waals surface area contributed by atoms with Crippen LogP contribution in [0.4, 0.5) is 4.79 Å². The van der Waals surface area contributed by atoms with Gasteiger partial charge in [-0.2, -0.15) is 5.10 Å². The normalized spacial score (nSPS) is 20.0. The maximum absolute atomic E-state index is 12.5. The molecule has 1 unspecified atom stereocenters. The van der Waals surface area contributed by atoms with E-state index >= 15 is 0 Å². The molecule has 0 aliphatic carbocycles. The molecule has 1 fully saturated rings. The van der Waals surface area contributed by atoms with Gasteiger partial charge in [0.25, 0.3) is 0 Å². The van der Waals surface area contributed by atoms with Gasteiger partial charge in [-0.1, -0.05) is 0 Å². The van der Waals surface area contributed by atoms with Crippen molar-refractivity contribution in [1.29, 1.82) is 0 Å². The zero-order valence-electron chi connectivity index (χ0n) is 15.2. The number of aromatic nitrogens is 4. The Labute approximate surface area is 153 Å². The molecule has 4 rings (SSSR count). The molecule has 0 spiro atoms. The van der Waals surface area contributed by atoms with E-state index in [2.05, 4.69) is 26.2 Å². The van der Waals surface area contributed by atoms with Gasteiger partial charge in [0, 0.05) is 31.9 Å². The number of aryl methyl sites for hydroxylation is 3. The van der Waals surface area contributed by atoms with Crippen LogP contribution in [-0.4, -0.2) is 56.1 Å². The van der Waals surface area contributed by atoms with E-state index in [0.717, 1.165) is 30.0 Å². The van der Waals surface area contributed by atoms with Crippen LogP contribution in [0.2, 0.25) is 0 Å². The SMILES string of the molecule is Cc1cnn(CC2CN(C(=O)NCc3cn4c(n3)CCCC4)CCO2)c1. The number of carbonyl (C=O) groups is 1. The summed E-state index contributed by atoms with van der Waals surface area (Å²) >= 11 is 0. The Morgan fingerprint density at radius 1 is 1.35 bits per heavy atom. The number of hydrogen-bond donors (Lipinski definition) is 1. The Morgan fingerprint density at radius 2 is 2.27 bits per heavy atom. The van der Waals surface area contributed by atoms with Gasteiger partial charge >= 0.3 is 6.03 Å². The molecule has 8 heteroatoms. The molecule has 4 heterocycles. The minimum Gasteiger partial charge on any atom is -0.373 e. The molecule has 2 aromatic rings. The van der Waals surface area contributed by atoms with Crippen molar-refractivity contribution < 1.29 is 9.53 Å². The van der Waals surface area contributed by atoms with Crippen molar-refractivity contribution in [3.8, 4) is 0 Å². The zero-order chi connectivity index (χ0) is 17.9. The van der Waals surface area contributed by atoms with Gasteiger partial charge in [0.15, 0.2) is 0 Å². The lowest BCUT2D eigenvalue weighted by Gasteiger charge is -2.32. The fourth-order valence-corrected chi connectivity index (χ4v) is 3.62. The van der Waals surface area contributed by atoms with Crippen LogP contribution < -0.4 is 5.32 Å². The highest BCUT2D eigenvalue weighted by Gasteiger charge is 2.25. The molecule has 1 saturated heterocycles. The van der Waals surface area contributed by atoms with Gasteiger partial charge in [0.05, 0.1) is 44.2 Å². The number of amides is 2. The molecule has 1 N–H and O–H groups in total. The Balaban J connectivity index is 1.29. The van der Waals surface area contributed by atoms with E-state index in [0.29, 0.717) is 32.8 Å². The van der Waals surface area contributed by atoms with Crippen molar-refractivity contribution >= 4 is 6.03 Å². The molecule has 2 aliphatic heterocycles. The van der Waals surface area contributed by atoms with E-state index in [4.69, 9.17) is 4.74 Å². The second-order valence-corrected chi connectivity index (χ2v) is 7.14. The molecule has 140 valence electrons. The van der Waals surface area contributed by atoms with Gasteiger partial charge in [-0.25, -0.2) is 9.78 Å². The number of urea groups is 1. The summed E-state index contributed by atoms with van der Waals surface area (Å²) in [7, 11) is 0. The van der Waals surface area contributed by atoms with Crippen LogP contribution in [0.1, 0.15) is 29.9 Å². The lowest BCUT2D eigenvalue weighted by Crippen LogP contribution is -2.50. The number of nitrogens with one attached hydrogen (secondary N) is 1. The number of nitrogens with zero attached hydrogens (tertiary/aromatic N) is 5. The standard InChI is InChI=1S/C18H26N6O2/c1-14-8-20-24(10-14)13-16-12-23(6-7-26-16)18(25)19-9-15-11-22-5-3-2-4-17(22)21-15/h8,10-11,16H,2-7,9,12-13H2,1H3,(H,19,25). The van der Waals surface area contributed by atoms with Gasteiger partial charge in [-0.15, -0.1) is 0 Å². The fraction of sp³-hybridized carbons (Fsp3) is 0.611. The average molecular weight is 358 g/mol. The van der Waals surface area contributed by atoms with Crippen molar-refractivity contribution in [1.82, 2.24) is 29.5 Å². The first-order valence-corrected chi connectivity index (χ1v) is 9.36. The van der Waals surface area contributed by atoms with Crippen LogP contribution >= 0.6 is 0 Å². The molecule has 0 saturated carbocycles. The van der Waals surface area contributed by atoms with Gasteiger partial charge in [0.1, 0.15) is 5.82 Å². The number of fused-ring (bicyclic) bond motifs is 1. The second-order valence-electron chi connectivity index (χ2n) is 7.14. The molecule has 2 amide bonds. The number of rotatable bonds is 4. The Morgan fingerprint density at radius 3 is 3.08 bits per heavy atom. The van der Waals surface area contributed by atoms with Crippen molar-refractivity contribution in [2.24, 2.45) is 0 Å². The molecule has 2 aliphatic rings. The summed E-state index contributed by atoms with van der Waals surface area (Å²) in [6.07, 6.45) is 9.30. The fourth-order valence-electron chi connectivity index (χ4n) is 3.62. The van der Waals surface area contributed by atoms with E-state index in [-0.39, 0.29) is 12.1 Å². The third-order valence-electron chi connectivity index (χ3n) is 4.96. The van der Waals surface area contributed by atoms with Crippen LogP contribution in [-0.2, 0) is 30.8 Å². The highest BCUT2D eigenvalue weighted by molar-refractivity contribution is 5.74. The maximum atomic E-state index is 12.5. The van der Waals surface area contributed by atoms with Crippen molar-refractivity contribution in [2.45, 2.75) is 51.9 Å². The Hall–Kier alpha value is -2.35. The third-order valence-corrected chi connectivity index (χ3v) is 4.96. The number of morpholine rings is 1. The lowest BCUT2D eigenvalue weighted by atomic mass is 10.2. The first-order chi connectivity index (χ1) is 12.7. The van der Waals surface area contributed by atoms with Crippen molar-refractivity contribution in [3.63, 3.8) is 0 Å². The molecular formula is C18H26N6O2. The Kier molecular flexibility index (Phi) is 4.92. The minimum absolute atomic E-state index is 0.0336. The zero-order valence-corrected chi connectivity index (χ0v) is 15.2. The van der Waals surface area contributed by atoms with Crippen molar-refractivity contribution in [2.75, 3.05) is 19.7 Å². The molecule has 0 bridgehead atoms. The largest absolute Gasteiger partial charge is 0.373 e. The minimum atomic E-state index is -0.0547. The van der Waals surface area contributed by atoms with Crippen LogP contribution in [0, 0.1) is 6.92 Å². The lowest BCUT2D eigenvalue weighted by molar-refractivity contribution is -0.0237. The molecule has 0 aromatic carbocycles. The summed E-state index contributed by atoms with van der Waals surface area (Å²) in [6.45, 7) is 5.92. The summed E-state index contributed by atoms with van der Waals surface area (Å²) in [4.78, 5) is 19.0. The van der Waals surface area contributed by atoms with Gasteiger partial charge < -0.3 is 19.5 Å². The number of carbonyl (C=O) groups excluding carboxylic acids is 1.